The van der Waals surface area contributed by atoms with E-state index in [1.165, 1.54) is 11.1 Å². The number of amides is 1. The monoisotopic (exact) mass is 408 g/mol. The summed E-state index contributed by atoms with van der Waals surface area (Å²) in [7, 11) is 2.15. The molecule has 3 aromatic rings. The molecule has 0 saturated carbocycles. The number of carbonyl (C=O) groups is 1. The number of rotatable bonds is 5. The second kappa shape index (κ2) is 8.16. The van der Waals surface area contributed by atoms with E-state index in [-0.39, 0.29) is 5.91 Å². The van der Waals surface area contributed by atoms with Crippen molar-refractivity contribution in [2.24, 2.45) is 0 Å². The van der Waals surface area contributed by atoms with Crippen LogP contribution in [0, 0.1) is 0 Å². The topological polar surface area (TPSA) is 23.6 Å². The van der Waals surface area contributed by atoms with Gasteiger partial charge in [-0.15, -0.1) is 0 Å². The summed E-state index contributed by atoms with van der Waals surface area (Å²) < 4.78 is 0. The minimum Gasteiger partial charge on any atom is -0.302 e. The van der Waals surface area contributed by atoms with Gasteiger partial charge in [-0.3, -0.25) is 9.69 Å². The number of nitrogens with zero attached hydrogens (tertiary/aromatic N) is 2. The molecule has 3 aromatic carbocycles. The second-order valence-electron chi connectivity index (χ2n) is 8.79. The minimum absolute atomic E-state index is 0.184. The fourth-order valence-corrected chi connectivity index (χ4v) is 5.05. The smallest absolute Gasteiger partial charge is 0.242 e. The van der Waals surface area contributed by atoms with Gasteiger partial charge < -0.3 is 4.90 Å². The van der Waals surface area contributed by atoms with E-state index in [1.807, 2.05) is 47.4 Å². The number of benzene rings is 3. The molecule has 3 nitrogen and oxygen atoms in total. The lowest BCUT2D eigenvalue weighted by Crippen LogP contribution is -2.41. The Kier molecular flexibility index (Phi) is 5.21. The van der Waals surface area contributed by atoms with Crippen LogP contribution < -0.4 is 4.90 Å². The van der Waals surface area contributed by atoms with Gasteiger partial charge in [-0.05, 0) is 55.6 Å². The van der Waals surface area contributed by atoms with Crippen molar-refractivity contribution in [3.8, 4) is 0 Å². The Morgan fingerprint density at radius 3 is 2.23 bits per heavy atom. The predicted octanol–water partition coefficient (Wildman–Crippen LogP) is 5.50. The first-order valence-corrected chi connectivity index (χ1v) is 11.1. The first kappa shape index (κ1) is 19.8. The highest BCUT2D eigenvalue weighted by molar-refractivity contribution is 6.13. The van der Waals surface area contributed by atoms with Gasteiger partial charge in [0, 0.05) is 18.8 Å². The maximum absolute atomic E-state index is 14.3. The van der Waals surface area contributed by atoms with Crippen LogP contribution in [0.3, 0.4) is 0 Å². The molecule has 0 spiro atoms. The van der Waals surface area contributed by atoms with E-state index in [0.717, 1.165) is 42.9 Å². The highest BCUT2D eigenvalue weighted by Gasteiger charge is 2.51. The first-order chi connectivity index (χ1) is 15.2. The molecular weight excluding hydrogens is 380 g/mol. The summed E-state index contributed by atoms with van der Waals surface area (Å²) in [5.41, 5.74) is 5.11. The van der Waals surface area contributed by atoms with Crippen molar-refractivity contribution >= 4 is 17.3 Å². The summed E-state index contributed by atoms with van der Waals surface area (Å²) in [6, 6.07) is 28.9. The Morgan fingerprint density at radius 1 is 0.839 bits per heavy atom. The molecule has 0 bridgehead atoms. The van der Waals surface area contributed by atoms with Gasteiger partial charge in [0.1, 0.15) is 0 Å². The third-order valence-electron chi connectivity index (χ3n) is 6.67. The van der Waals surface area contributed by atoms with E-state index < -0.39 is 5.41 Å². The van der Waals surface area contributed by atoms with Crippen LogP contribution in [-0.2, 0) is 16.6 Å². The first-order valence-electron chi connectivity index (χ1n) is 11.1. The van der Waals surface area contributed by atoms with Gasteiger partial charge in [-0.1, -0.05) is 78.4 Å². The van der Waals surface area contributed by atoms with Crippen LogP contribution in [0.4, 0.5) is 11.4 Å². The third kappa shape index (κ3) is 3.60. The van der Waals surface area contributed by atoms with E-state index in [1.54, 1.807) is 0 Å². The zero-order valence-electron chi connectivity index (χ0n) is 18.0. The third-order valence-corrected chi connectivity index (χ3v) is 6.67. The molecular formula is C28H28N2O. The van der Waals surface area contributed by atoms with E-state index in [2.05, 4.69) is 60.5 Å². The van der Waals surface area contributed by atoms with E-state index >= 15 is 0 Å². The summed E-state index contributed by atoms with van der Waals surface area (Å²) in [5, 5.41) is 0. The number of carbonyl (C=O) groups excluding carboxylic acids is 1. The molecule has 0 fully saturated rings. The molecule has 1 unspecified atom stereocenters. The number of hydrogen-bond acceptors (Lipinski definition) is 2. The van der Waals surface area contributed by atoms with Gasteiger partial charge in [-0.2, -0.15) is 0 Å². The van der Waals surface area contributed by atoms with Crippen LogP contribution in [0.5, 0.6) is 0 Å². The number of hydrogen-bond donors (Lipinski definition) is 0. The SMILES string of the molecule is CN1CC=C(CC2(Cc3ccccc3)C(=O)N(c3ccccc3)c3ccccc32)CC1. The summed E-state index contributed by atoms with van der Waals surface area (Å²) in [5.74, 6) is 0.184. The van der Waals surface area contributed by atoms with Crippen molar-refractivity contribution in [2.75, 3.05) is 25.0 Å². The van der Waals surface area contributed by atoms with Crippen molar-refractivity contribution in [3.05, 3.63) is 108 Å². The van der Waals surface area contributed by atoms with Crippen molar-refractivity contribution in [2.45, 2.75) is 24.7 Å². The molecule has 2 aliphatic heterocycles. The van der Waals surface area contributed by atoms with Crippen LogP contribution in [-0.4, -0.2) is 30.9 Å². The van der Waals surface area contributed by atoms with E-state index in [4.69, 9.17) is 0 Å². The summed E-state index contributed by atoms with van der Waals surface area (Å²) in [4.78, 5) is 18.6. The molecule has 1 amide bonds. The molecule has 0 saturated heterocycles. The maximum atomic E-state index is 14.3. The largest absolute Gasteiger partial charge is 0.302 e. The minimum atomic E-state index is -0.588. The molecule has 0 radical (unpaired) electrons. The standard InChI is InChI=1S/C28H28N2O/c1-29-18-16-23(17-19-29)21-28(20-22-10-4-2-5-11-22)25-14-8-9-15-26(25)30(27(28)31)24-12-6-3-7-13-24/h2-16H,17-21H2,1H3. The van der Waals surface area contributed by atoms with Crippen LogP contribution >= 0.6 is 0 Å². The molecule has 1 atom stereocenters. The van der Waals surface area contributed by atoms with Gasteiger partial charge in [0.25, 0.3) is 0 Å². The molecule has 0 aromatic heterocycles. The van der Waals surface area contributed by atoms with Crippen molar-refractivity contribution < 1.29 is 4.79 Å². The Hall–Kier alpha value is -3.17. The summed E-state index contributed by atoms with van der Waals surface area (Å²) >= 11 is 0. The Labute approximate surface area is 184 Å². The Balaban J connectivity index is 1.65. The van der Waals surface area contributed by atoms with Gasteiger partial charge in [0.2, 0.25) is 5.91 Å². The lowest BCUT2D eigenvalue weighted by molar-refractivity contribution is -0.122. The Morgan fingerprint density at radius 2 is 1.52 bits per heavy atom. The van der Waals surface area contributed by atoms with Crippen LogP contribution in [0.15, 0.2) is 96.6 Å². The van der Waals surface area contributed by atoms with Crippen LogP contribution in [0.25, 0.3) is 0 Å². The highest BCUT2D eigenvalue weighted by Crippen LogP contribution is 2.50. The molecule has 31 heavy (non-hydrogen) atoms. The van der Waals surface area contributed by atoms with Crippen molar-refractivity contribution in [1.82, 2.24) is 4.90 Å². The van der Waals surface area contributed by atoms with Crippen molar-refractivity contribution in [3.63, 3.8) is 0 Å². The molecule has 5 rings (SSSR count). The lowest BCUT2D eigenvalue weighted by Gasteiger charge is -2.32. The van der Waals surface area contributed by atoms with E-state index in [0.29, 0.717) is 6.42 Å². The second-order valence-corrected chi connectivity index (χ2v) is 8.79. The summed E-state index contributed by atoms with van der Waals surface area (Å²) in [6.45, 7) is 2.00. The fourth-order valence-electron chi connectivity index (χ4n) is 5.05. The van der Waals surface area contributed by atoms with Crippen molar-refractivity contribution in [1.29, 1.82) is 0 Å². The number of likely N-dealkylation sites (N-methyl/N-ethyl adjacent to an activating group) is 1. The van der Waals surface area contributed by atoms with Gasteiger partial charge >= 0.3 is 0 Å². The quantitative estimate of drug-likeness (QED) is 0.521. The average Bonchev–Trinajstić information content (AvgIpc) is 3.04. The zero-order chi connectivity index (χ0) is 21.3. The van der Waals surface area contributed by atoms with E-state index in [9.17, 15) is 4.79 Å². The summed E-state index contributed by atoms with van der Waals surface area (Å²) in [6.07, 6.45) is 4.83. The lowest BCUT2D eigenvalue weighted by atomic mass is 9.71. The predicted molar refractivity (Wildman–Crippen MR) is 127 cm³/mol. The zero-order valence-corrected chi connectivity index (χ0v) is 18.0. The number of anilines is 2. The van der Waals surface area contributed by atoms with Gasteiger partial charge in [-0.25, -0.2) is 0 Å². The molecule has 2 heterocycles. The number of fused-ring (bicyclic) bond motifs is 1. The van der Waals surface area contributed by atoms with Crippen LogP contribution in [0.1, 0.15) is 24.0 Å². The normalized spacial score (nSPS) is 21.1. The van der Waals surface area contributed by atoms with Crippen LogP contribution in [0.2, 0.25) is 0 Å². The molecule has 156 valence electrons. The maximum Gasteiger partial charge on any atom is 0.242 e. The van der Waals surface area contributed by atoms with Gasteiger partial charge in [0.15, 0.2) is 0 Å². The number of para-hydroxylation sites is 2. The average molecular weight is 409 g/mol. The highest BCUT2D eigenvalue weighted by atomic mass is 16.2. The molecule has 2 aliphatic rings. The molecule has 3 heteroatoms. The molecule has 0 aliphatic carbocycles. The Bertz CT molecular complexity index is 1110. The fraction of sp³-hybridized carbons (Fsp3) is 0.250. The van der Waals surface area contributed by atoms with Gasteiger partial charge in [0.05, 0.1) is 11.1 Å². The molecule has 0 N–H and O–H groups in total.